The van der Waals surface area contributed by atoms with Gasteiger partial charge in [-0.05, 0) is 6.07 Å². The summed E-state index contributed by atoms with van der Waals surface area (Å²) in [7, 11) is 0. The van der Waals surface area contributed by atoms with Crippen molar-refractivity contribution >= 4 is 0 Å². The van der Waals surface area contributed by atoms with E-state index < -0.39 is 0 Å². The van der Waals surface area contributed by atoms with Crippen LogP contribution >= 0.6 is 0 Å². The van der Waals surface area contributed by atoms with Crippen LogP contribution in [0.15, 0.2) is 24.3 Å². The van der Waals surface area contributed by atoms with Gasteiger partial charge in [0.05, 0.1) is 6.61 Å². The number of benzene rings is 1. The van der Waals surface area contributed by atoms with Crippen molar-refractivity contribution in [3.8, 4) is 5.75 Å². The molecule has 0 saturated carbocycles. The number of rotatable bonds is 4. The Hall–Kier alpha value is -1.10. The summed E-state index contributed by atoms with van der Waals surface area (Å²) < 4.78 is 5.76. The summed E-state index contributed by atoms with van der Waals surface area (Å²) in [5.74, 6) is 1.62. The first-order valence-corrected chi connectivity index (χ1v) is 7.23. The molecule has 1 aromatic carbocycles. The molecule has 2 heterocycles. The lowest BCUT2D eigenvalue weighted by atomic mass is 10.0. The maximum absolute atomic E-state index is 5.76. The zero-order chi connectivity index (χ0) is 13.1. The van der Waals surface area contributed by atoms with Gasteiger partial charge in [-0.25, -0.2) is 0 Å². The van der Waals surface area contributed by atoms with E-state index >= 15 is 0 Å². The number of ether oxygens (including phenoxy) is 1. The average molecular weight is 261 g/mol. The average Bonchev–Trinajstić information content (AvgIpc) is 2.85. The van der Waals surface area contributed by atoms with Gasteiger partial charge in [0.25, 0.3) is 0 Å². The Labute approximate surface area is 115 Å². The summed E-state index contributed by atoms with van der Waals surface area (Å²) in [6, 6.07) is 8.44. The molecule has 4 nitrogen and oxygen atoms in total. The van der Waals surface area contributed by atoms with Crippen LogP contribution in [0.3, 0.4) is 0 Å². The van der Waals surface area contributed by atoms with Crippen LogP contribution in [0, 0.1) is 0 Å². The van der Waals surface area contributed by atoms with Gasteiger partial charge in [0.1, 0.15) is 5.75 Å². The molecular formula is C15H23N3O. The predicted octanol–water partition coefficient (Wildman–Crippen LogP) is 0.739. The summed E-state index contributed by atoms with van der Waals surface area (Å²) in [5, 5.41) is 0. The van der Waals surface area contributed by atoms with Crippen molar-refractivity contribution in [2.45, 2.75) is 5.92 Å². The molecule has 1 atom stereocenters. The molecular weight excluding hydrogens is 238 g/mol. The fourth-order valence-corrected chi connectivity index (χ4v) is 3.07. The van der Waals surface area contributed by atoms with Crippen LogP contribution in [0.5, 0.6) is 5.75 Å². The first-order chi connectivity index (χ1) is 9.36. The summed E-state index contributed by atoms with van der Waals surface area (Å²) in [6.45, 7) is 8.35. The SMILES string of the molecule is NCCN1CCN(CC2COc3ccccc32)CC1. The van der Waals surface area contributed by atoms with E-state index in [0.717, 1.165) is 58.2 Å². The van der Waals surface area contributed by atoms with Crippen molar-refractivity contribution in [1.29, 1.82) is 0 Å². The van der Waals surface area contributed by atoms with Crippen molar-refractivity contribution in [2.24, 2.45) is 5.73 Å². The minimum Gasteiger partial charge on any atom is -0.493 e. The molecule has 2 N–H and O–H groups in total. The zero-order valence-electron chi connectivity index (χ0n) is 11.4. The number of para-hydroxylation sites is 1. The van der Waals surface area contributed by atoms with Gasteiger partial charge in [0, 0.05) is 57.3 Å². The quantitative estimate of drug-likeness (QED) is 0.868. The Balaban J connectivity index is 1.54. The molecule has 1 unspecified atom stereocenters. The Bertz CT molecular complexity index is 416. The Morgan fingerprint density at radius 3 is 2.63 bits per heavy atom. The second kappa shape index (κ2) is 5.90. The van der Waals surface area contributed by atoms with E-state index in [9.17, 15) is 0 Å². The maximum Gasteiger partial charge on any atom is 0.122 e. The minimum absolute atomic E-state index is 0.539. The van der Waals surface area contributed by atoms with E-state index in [-0.39, 0.29) is 0 Å². The zero-order valence-corrected chi connectivity index (χ0v) is 11.4. The third kappa shape index (κ3) is 2.91. The molecule has 19 heavy (non-hydrogen) atoms. The van der Waals surface area contributed by atoms with Crippen molar-refractivity contribution in [1.82, 2.24) is 9.80 Å². The normalized spacial score (nSPS) is 24.2. The van der Waals surface area contributed by atoms with Gasteiger partial charge in [-0.1, -0.05) is 18.2 Å². The number of piperazine rings is 1. The van der Waals surface area contributed by atoms with Crippen molar-refractivity contribution in [3.63, 3.8) is 0 Å². The van der Waals surface area contributed by atoms with Gasteiger partial charge in [-0.15, -0.1) is 0 Å². The largest absolute Gasteiger partial charge is 0.493 e. The molecule has 4 heteroatoms. The second-order valence-corrected chi connectivity index (χ2v) is 5.48. The third-order valence-corrected chi connectivity index (χ3v) is 4.19. The molecule has 1 fully saturated rings. The van der Waals surface area contributed by atoms with Crippen LogP contribution in [0.2, 0.25) is 0 Å². The Morgan fingerprint density at radius 1 is 1.11 bits per heavy atom. The van der Waals surface area contributed by atoms with E-state index in [4.69, 9.17) is 10.5 Å². The molecule has 0 spiro atoms. The smallest absolute Gasteiger partial charge is 0.122 e. The summed E-state index contributed by atoms with van der Waals surface area (Å²) in [4.78, 5) is 5.01. The van der Waals surface area contributed by atoms with Gasteiger partial charge >= 0.3 is 0 Å². The van der Waals surface area contributed by atoms with Crippen molar-refractivity contribution < 1.29 is 4.74 Å². The number of hydrogen-bond acceptors (Lipinski definition) is 4. The number of hydrogen-bond donors (Lipinski definition) is 1. The molecule has 2 aliphatic heterocycles. The van der Waals surface area contributed by atoms with Crippen molar-refractivity contribution in [2.75, 3.05) is 52.4 Å². The molecule has 0 aromatic heterocycles. The van der Waals surface area contributed by atoms with Gasteiger partial charge < -0.3 is 15.4 Å². The molecule has 104 valence electrons. The maximum atomic E-state index is 5.76. The van der Waals surface area contributed by atoms with Gasteiger partial charge in [-0.2, -0.15) is 0 Å². The van der Waals surface area contributed by atoms with Gasteiger partial charge in [0.2, 0.25) is 0 Å². The molecule has 0 aliphatic carbocycles. The van der Waals surface area contributed by atoms with Crippen LogP contribution in [0.4, 0.5) is 0 Å². The Kier molecular flexibility index (Phi) is 4.01. The van der Waals surface area contributed by atoms with E-state index in [2.05, 4.69) is 28.0 Å². The number of fused-ring (bicyclic) bond motifs is 1. The second-order valence-electron chi connectivity index (χ2n) is 5.48. The number of nitrogens with zero attached hydrogens (tertiary/aromatic N) is 2. The Morgan fingerprint density at radius 2 is 1.84 bits per heavy atom. The van der Waals surface area contributed by atoms with Gasteiger partial charge in [0.15, 0.2) is 0 Å². The standard InChI is InChI=1S/C15H23N3O/c16-5-6-17-7-9-18(10-8-17)11-13-12-19-15-4-2-1-3-14(13)15/h1-4,13H,5-12,16H2. The van der Waals surface area contributed by atoms with Crippen LogP contribution < -0.4 is 10.5 Å². The fourth-order valence-electron chi connectivity index (χ4n) is 3.07. The van der Waals surface area contributed by atoms with E-state index in [1.807, 2.05) is 6.07 Å². The molecule has 0 radical (unpaired) electrons. The van der Waals surface area contributed by atoms with Crippen LogP contribution in [0.25, 0.3) is 0 Å². The molecule has 1 saturated heterocycles. The first-order valence-electron chi connectivity index (χ1n) is 7.23. The lowest BCUT2D eigenvalue weighted by molar-refractivity contribution is 0.125. The monoisotopic (exact) mass is 261 g/mol. The highest BCUT2D eigenvalue weighted by Gasteiger charge is 2.27. The molecule has 1 aromatic rings. The third-order valence-electron chi connectivity index (χ3n) is 4.19. The highest BCUT2D eigenvalue weighted by atomic mass is 16.5. The number of nitrogens with two attached hydrogens (primary N) is 1. The van der Waals surface area contributed by atoms with Gasteiger partial charge in [-0.3, -0.25) is 4.90 Å². The van der Waals surface area contributed by atoms with E-state index in [1.165, 1.54) is 5.56 Å². The molecule has 0 bridgehead atoms. The summed E-state index contributed by atoms with van der Waals surface area (Å²) >= 11 is 0. The minimum atomic E-state index is 0.539. The predicted molar refractivity (Wildman–Crippen MR) is 76.6 cm³/mol. The van der Waals surface area contributed by atoms with E-state index in [0.29, 0.717) is 5.92 Å². The highest BCUT2D eigenvalue weighted by Crippen LogP contribution is 2.33. The summed E-state index contributed by atoms with van der Waals surface area (Å²) in [6.07, 6.45) is 0. The fraction of sp³-hybridized carbons (Fsp3) is 0.600. The molecule has 2 aliphatic rings. The molecule has 0 amide bonds. The summed E-state index contributed by atoms with van der Waals surface area (Å²) in [5.41, 5.74) is 6.99. The first kappa shape index (κ1) is 12.9. The topological polar surface area (TPSA) is 41.7 Å². The van der Waals surface area contributed by atoms with Crippen molar-refractivity contribution in [3.05, 3.63) is 29.8 Å². The van der Waals surface area contributed by atoms with Crippen LogP contribution in [0.1, 0.15) is 11.5 Å². The van der Waals surface area contributed by atoms with E-state index in [1.54, 1.807) is 0 Å². The lowest BCUT2D eigenvalue weighted by Crippen LogP contribution is -2.48. The van der Waals surface area contributed by atoms with Crippen LogP contribution in [-0.4, -0.2) is 62.2 Å². The molecule has 3 rings (SSSR count). The van der Waals surface area contributed by atoms with Crippen LogP contribution in [-0.2, 0) is 0 Å². The highest BCUT2D eigenvalue weighted by molar-refractivity contribution is 5.39. The lowest BCUT2D eigenvalue weighted by Gasteiger charge is -2.35.